The van der Waals surface area contributed by atoms with E-state index in [0.717, 1.165) is 12.0 Å². The van der Waals surface area contributed by atoms with Gasteiger partial charge in [-0.05, 0) is 44.6 Å². The Hall–Kier alpha value is -2.72. The Balaban J connectivity index is 1.73. The van der Waals surface area contributed by atoms with Crippen LogP contribution in [0.1, 0.15) is 34.8 Å². The van der Waals surface area contributed by atoms with E-state index < -0.39 is 0 Å². The smallest absolute Gasteiger partial charge is 0.206 e. The lowest BCUT2D eigenvalue weighted by Gasteiger charge is -2.19. The van der Waals surface area contributed by atoms with Gasteiger partial charge in [0, 0.05) is 42.2 Å². The second kappa shape index (κ2) is 7.89. The number of hydrogen-bond acceptors (Lipinski definition) is 3. The van der Waals surface area contributed by atoms with Gasteiger partial charge in [-0.15, -0.1) is 0 Å². The van der Waals surface area contributed by atoms with Crippen LogP contribution in [0.3, 0.4) is 0 Å². The monoisotopic (exact) mass is 361 g/mol. The summed E-state index contributed by atoms with van der Waals surface area (Å²) < 4.78 is 2.15. The van der Waals surface area contributed by atoms with Gasteiger partial charge in [0.2, 0.25) is 5.78 Å². The van der Waals surface area contributed by atoms with Crippen molar-refractivity contribution in [1.29, 1.82) is 5.41 Å². The maximum atomic E-state index is 12.5. The average Bonchev–Trinajstić information content (AvgIpc) is 2.97. The van der Waals surface area contributed by atoms with Crippen LogP contribution in [0.25, 0.3) is 10.9 Å². The highest BCUT2D eigenvalue weighted by Crippen LogP contribution is 2.23. The second-order valence-corrected chi connectivity index (χ2v) is 7.48. The fourth-order valence-electron chi connectivity index (χ4n) is 3.31. The minimum absolute atomic E-state index is 0.165. The number of para-hydroxylation sites is 1. The summed E-state index contributed by atoms with van der Waals surface area (Å²) >= 11 is 0. The van der Waals surface area contributed by atoms with Gasteiger partial charge in [0.25, 0.3) is 0 Å². The first-order chi connectivity index (χ1) is 12.9. The molecule has 0 amide bonds. The van der Waals surface area contributed by atoms with Crippen LogP contribution >= 0.6 is 0 Å². The Labute approximate surface area is 160 Å². The Morgan fingerprint density at radius 1 is 1.11 bits per heavy atom. The van der Waals surface area contributed by atoms with Crippen LogP contribution in [0, 0.1) is 5.41 Å². The molecule has 0 bridgehead atoms. The van der Waals surface area contributed by atoms with Gasteiger partial charge in [-0.25, -0.2) is 0 Å². The normalized spacial score (nSPS) is 12.5. The highest BCUT2D eigenvalue weighted by Gasteiger charge is 2.16. The molecule has 3 aromatic rings. The third-order valence-electron chi connectivity index (χ3n) is 5.25. The summed E-state index contributed by atoms with van der Waals surface area (Å²) in [5.41, 5.74) is 4.42. The van der Waals surface area contributed by atoms with Crippen LogP contribution in [-0.2, 0) is 13.5 Å². The van der Waals surface area contributed by atoms with Crippen molar-refractivity contribution in [2.24, 2.45) is 7.05 Å². The standard InChI is InChI=1S/C23H27N3O/c1-16(25(2)3)13-21(24)23(27)18-11-9-17(10-12-18)14-19-15-26(4)22-8-6-5-7-20(19)22/h5-12,15-16,24H,13-14H2,1-4H3. The zero-order valence-electron chi connectivity index (χ0n) is 16.5. The molecular weight excluding hydrogens is 334 g/mol. The maximum Gasteiger partial charge on any atom is 0.206 e. The average molecular weight is 361 g/mol. The number of carbonyl (C=O) groups is 1. The number of aryl methyl sites for hydroxylation is 1. The lowest BCUT2D eigenvalue weighted by molar-refractivity contribution is 0.106. The van der Waals surface area contributed by atoms with Gasteiger partial charge >= 0.3 is 0 Å². The highest BCUT2D eigenvalue weighted by molar-refractivity contribution is 6.45. The molecule has 1 atom stereocenters. The van der Waals surface area contributed by atoms with Crippen molar-refractivity contribution in [2.45, 2.75) is 25.8 Å². The highest BCUT2D eigenvalue weighted by atomic mass is 16.1. The SMILES string of the molecule is CC(CC(=N)C(=O)c1ccc(Cc2cn(C)c3ccccc23)cc1)N(C)C. The molecule has 0 aliphatic carbocycles. The van der Waals surface area contributed by atoms with Crippen molar-refractivity contribution < 1.29 is 4.79 Å². The van der Waals surface area contributed by atoms with E-state index in [-0.39, 0.29) is 17.5 Å². The van der Waals surface area contributed by atoms with Crippen molar-refractivity contribution in [1.82, 2.24) is 9.47 Å². The van der Waals surface area contributed by atoms with Crippen LogP contribution < -0.4 is 0 Å². The quantitative estimate of drug-likeness (QED) is 0.503. The molecule has 4 heteroatoms. The van der Waals surface area contributed by atoms with Gasteiger partial charge in [0.15, 0.2) is 0 Å². The lowest BCUT2D eigenvalue weighted by Crippen LogP contribution is -2.29. The lowest BCUT2D eigenvalue weighted by atomic mass is 9.98. The van der Waals surface area contributed by atoms with Crippen LogP contribution in [0.4, 0.5) is 0 Å². The van der Waals surface area contributed by atoms with E-state index in [1.807, 2.05) is 50.2 Å². The van der Waals surface area contributed by atoms with Crippen molar-refractivity contribution in [3.63, 3.8) is 0 Å². The van der Waals surface area contributed by atoms with Crippen molar-refractivity contribution in [2.75, 3.05) is 14.1 Å². The number of Topliss-reactive ketones (excluding diaryl/α,β-unsaturated/α-hetero) is 1. The van der Waals surface area contributed by atoms with Gasteiger partial charge in [-0.2, -0.15) is 0 Å². The molecule has 140 valence electrons. The van der Waals surface area contributed by atoms with E-state index in [4.69, 9.17) is 5.41 Å². The maximum absolute atomic E-state index is 12.5. The number of ketones is 1. The largest absolute Gasteiger partial charge is 0.350 e. The molecule has 0 saturated heterocycles. The molecule has 2 aromatic carbocycles. The van der Waals surface area contributed by atoms with E-state index in [1.165, 1.54) is 16.5 Å². The zero-order valence-corrected chi connectivity index (χ0v) is 16.5. The van der Waals surface area contributed by atoms with Crippen LogP contribution in [0.5, 0.6) is 0 Å². The summed E-state index contributed by atoms with van der Waals surface area (Å²) in [6.07, 6.45) is 3.45. The Morgan fingerprint density at radius 2 is 1.78 bits per heavy atom. The summed E-state index contributed by atoms with van der Waals surface area (Å²) in [6.45, 7) is 2.02. The topological polar surface area (TPSA) is 49.1 Å². The van der Waals surface area contributed by atoms with Gasteiger partial charge in [-0.1, -0.05) is 42.5 Å². The molecule has 1 unspecified atom stereocenters. The number of hydrogen-bond donors (Lipinski definition) is 1. The molecule has 1 aromatic heterocycles. The Bertz CT molecular complexity index is 967. The second-order valence-electron chi connectivity index (χ2n) is 7.48. The molecule has 0 saturated carbocycles. The number of nitrogens with zero attached hydrogens (tertiary/aromatic N) is 2. The molecule has 0 aliphatic rings. The van der Waals surface area contributed by atoms with E-state index >= 15 is 0 Å². The third kappa shape index (κ3) is 4.17. The molecular formula is C23H27N3O. The molecule has 27 heavy (non-hydrogen) atoms. The first-order valence-electron chi connectivity index (χ1n) is 9.27. The minimum Gasteiger partial charge on any atom is -0.350 e. The zero-order chi connectivity index (χ0) is 19.6. The summed E-state index contributed by atoms with van der Waals surface area (Å²) in [6, 6.07) is 16.3. The van der Waals surface area contributed by atoms with E-state index in [9.17, 15) is 4.79 Å². The minimum atomic E-state index is -0.180. The summed E-state index contributed by atoms with van der Waals surface area (Å²) in [4.78, 5) is 14.5. The third-order valence-corrected chi connectivity index (χ3v) is 5.25. The first kappa shape index (κ1) is 19.1. The Kier molecular flexibility index (Phi) is 5.57. The van der Waals surface area contributed by atoms with Crippen molar-refractivity contribution in [3.05, 3.63) is 71.4 Å². The molecule has 1 N–H and O–H groups in total. The number of rotatable bonds is 7. The van der Waals surface area contributed by atoms with Gasteiger partial charge < -0.3 is 14.9 Å². The van der Waals surface area contributed by atoms with Crippen molar-refractivity contribution >= 4 is 22.4 Å². The van der Waals surface area contributed by atoms with E-state index in [2.05, 4.69) is 42.1 Å². The van der Waals surface area contributed by atoms with E-state index in [1.54, 1.807) is 0 Å². The van der Waals surface area contributed by atoms with Gasteiger partial charge in [-0.3, -0.25) is 4.79 Å². The molecule has 3 rings (SSSR count). The number of fused-ring (bicyclic) bond motifs is 1. The number of nitrogens with one attached hydrogen (secondary N) is 1. The number of carbonyl (C=O) groups excluding carboxylic acids is 1. The summed E-state index contributed by atoms with van der Waals surface area (Å²) in [5.74, 6) is -0.180. The van der Waals surface area contributed by atoms with Crippen molar-refractivity contribution in [3.8, 4) is 0 Å². The summed E-state index contributed by atoms with van der Waals surface area (Å²) in [5, 5.41) is 9.37. The van der Waals surface area contributed by atoms with Gasteiger partial charge in [0.1, 0.15) is 0 Å². The predicted molar refractivity (Wildman–Crippen MR) is 112 cm³/mol. The fourth-order valence-corrected chi connectivity index (χ4v) is 3.31. The molecule has 0 fully saturated rings. The molecule has 0 spiro atoms. The molecule has 1 heterocycles. The molecule has 0 aliphatic heterocycles. The summed E-state index contributed by atoms with van der Waals surface area (Å²) in [7, 11) is 5.99. The van der Waals surface area contributed by atoms with E-state index in [0.29, 0.717) is 12.0 Å². The predicted octanol–water partition coefficient (Wildman–Crippen LogP) is 4.31. The molecule has 0 radical (unpaired) electrons. The molecule has 4 nitrogen and oxygen atoms in total. The first-order valence-corrected chi connectivity index (χ1v) is 9.27. The number of benzene rings is 2. The fraction of sp³-hybridized carbons (Fsp3) is 0.304. The van der Waals surface area contributed by atoms with Crippen LogP contribution in [-0.4, -0.2) is 41.1 Å². The van der Waals surface area contributed by atoms with Gasteiger partial charge in [0.05, 0.1) is 5.71 Å². The van der Waals surface area contributed by atoms with Crippen LogP contribution in [0.15, 0.2) is 54.7 Å². The Morgan fingerprint density at radius 3 is 2.44 bits per heavy atom. The van der Waals surface area contributed by atoms with Crippen LogP contribution in [0.2, 0.25) is 0 Å². The number of aromatic nitrogens is 1.